The number of hydrogen-bond donors (Lipinski definition) is 1. The maximum Gasteiger partial charge on any atom is 0.416 e. The predicted octanol–water partition coefficient (Wildman–Crippen LogP) is 6.95. The molecule has 194 valence electrons. The zero-order valence-corrected chi connectivity index (χ0v) is 19.3. The van der Waals surface area contributed by atoms with Gasteiger partial charge in [0, 0.05) is 40.5 Å². The monoisotopic (exact) mass is 522 g/mol. The van der Waals surface area contributed by atoms with Crippen LogP contribution in [0, 0.1) is 0 Å². The van der Waals surface area contributed by atoms with Crippen LogP contribution in [0.4, 0.5) is 26.3 Å². The van der Waals surface area contributed by atoms with E-state index in [2.05, 4.69) is 9.97 Å². The van der Waals surface area contributed by atoms with Gasteiger partial charge in [0.25, 0.3) is 0 Å². The largest absolute Gasteiger partial charge is 0.489 e. The maximum absolute atomic E-state index is 13.8. The molecule has 5 nitrogen and oxygen atoms in total. The van der Waals surface area contributed by atoms with Gasteiger partial charge in [0.05, 0.1) is 29.8 Å². The average Bonchev–Trinajstić information content (AvgIpc) is 3.23. The van der Waals surface area contributed by atoms with E-state index in [9.17, 15) is 31.1 Å². The number of H-pyrrole nitrogens is 1. The SMILES string of the molecule is CCOC(=O)Cc1c[nH]c2cc(OCc3cnc(-c4ccc(C(F)(F)F)cc4)cc3C(F)(F)F)ccc12. The number of halogens is 6. The molecular formula is C26H20F6N2O3. The molecule has 2 aromatic heterocycles. The smallest absolute Gasteiger partial charge is 0.416 e. The minimum absolute atomic E-state index is 0.0694. The van der Waals surface area contributed by atoms with Crippen molar-refractivity contribution < 1.29 is 40.6 Å². The van der Waals surface area contributed by atoms with Gasteiger partial charge in [0.2, 0.25) is 0 Å². The van der Waals surface area contributed by atoms with Crippen molar-refractivity contribution in [3.05, 3.63) is 83.2 Å². The number of nitrogens with zero attached hydrogens (tertiary/aromatic N) is 1. The molecule has 0 aliphatic heterocycles. The summed E-state index contributed by atoms with van der Waals surface area (Å²) in [6, 6.07) is 9.37. The number of ether oxygens (including phenoxy) is 2. The highest BCUT2D eigenvalue weighted by Gasteiger charge is 2.34. The van der Waals surface area contributed by atoms with E-state index in [0.29, 0.717) is 11.1 Å². The Hall–Kier alpha value is -4.02. The Morgan fingerprint density at radius 1 is 0.946 bits per heavy atom. The summed E-state index contributed by atoms with van der Waals surface area (Å²) in [5.41, 5.74) is -0.822. The summed E-state index contributed by atoms with van der Waals surface area (Å²) in [6.45, 7) is 1.52. The van der Waals surface area contributed by atoms with E-state index in [1.165, 1.54) is 0 Å². The second-order valence-electron chi connectivity index (χ2n) is 8.09. The van der Waals surface area contributed by atoms with Crippen molar-refractivity contribution in [1.82, 2.24) is 9.97 Å². The second-order valence-corrected chi connectivity index (χ2v) is 8.09. The van der Waals surface area contributed by atoms with Crippen LogP contribution < -0.4 is 4.74 Å². The van der Waals surface area contributed by atoms with E-state index < -0.39 is 30.1 Å². The van der Waals surface area contributed by atoms with Crippen molar-refractivity contribution in [3.8, 4) is 17.0 Å². The highest BCUT2D eigenvalue weighted by molar-refractivity contribution is 5.88. The van der Waals surface area contributed by atoms with E-state index >= 15 is 0 Å². The number of nitrogens with one attached hydrogen (secondary N) is 1. The maximum atomic E-state index is 13.8. The molecule has 11 heteroatoms. The van der Waals surface area contributed by atoms with Gasteiger partial charge in [-0.3, -0.25) is 9.78 Å². The molecule has 0 aliphatic rings. The number of rotatable bonds is 7. The highest BCUT2D eigenvalue weighted by atomic mass is 19.4. The lowest BCUT2D eigenvalue weighted by atomic mass is 10.0. The minimum atomic E-state index is -4.74. The molecule has 0 saturated heterocycles. The molecule has 0 spiro atoms. The standard InChI is InChI=1S/C26H20F6N2O3/c1-2-36-24(35)9-16-12-34-23-10-19(7-8-20(16)23)37-14-17-13-33-22(11-21(17)26(30,31)32)15-3-5-18(6-4-15)25(27,28)29/h3-8,10-13,34H,2,9,14H2,1H3. The third kappa shape index (κ3) is 6.04. The van der Waals surface area contributed by atoms with Crippen LogP contribution in [0.5, 0.6) is 5.75 Å². The normalized spacial score (nSPS) is 12.1. The van der Waals surface area contributed by atoms with Crippen molar-refractivity contribution in [2.45, 2.75) is 32.3 Å². The third-order valence-corrected chi connectivity index (χ3v) is 5.57. The van der Waals surface area contributed by atoms with Crippen LogP contribution in [0.1, 0.15) is 29.2 Å². The minimum Gasteiger partial charge on any atom is -0.489 e. The average molecular weight is 522 g/mol. The van der Waals surface area contributed by atoms with Gasteiger partial charge in [-0.15, -0.1) is 0 Å². The Kier molecular flexibility index (Phi) is 7.15. The molecule has 0 bridgehead atoms. The summed E-state index contributed by atoms with van der Waals surface area (Å²) in [7, 11) is 0. The molecule has 0 fully saturated rings. The first-order valence-corrected chi connectivity index (χ1v) is 11.1. The molecule has 0 unspecified atom stereocenters. The number of carbonyl (C=O) groups is 1. The molecule has 0 amide bonds. The van der Waals surface area contributed by atoms with E-state index in [4.69, 9.17) is 9.47 Å². The molecule has 4 aromatic rings. The van der Waals surface area contributed by atoms with Gasteiger partial charge in [-0.25, -0.2) is 0 Å². The molecule has 2 heterocycles. The van der Waals surface area contributed by atoms with Crippen LogP contribution in [-0.4, -0.2) is 22.5 Å². The fourth-order valence-electron chi connectivity index (χ4n) is 3.78. The van der Waals surface area contributed by atoms with Crippen molar-refractivity contribution in [3.63, 3.8) is 0 Å². The number of pyridine rings is 1. The lowest BCUT2D eigenvalue weighted by Gasteiger charge is -2.15. The molecule has 0 aliphatic carbocycles. The molecule has 4 rings (SSSR count). The Labute approximate surface area is 207 Å². The van der Waals surface area contributed by atoms with Crippen molar-refractivity contribution in [2.75, 3.05) is 6.61 Å². The van der Waals surface area contributed by atoms with Gasteiger partial charge >= 0.3 is 18.3 Å². The first-order valence-electron chi connectivity index (χ1n) is 11.1. The van der Waals surface area contributed by atoms with E-state index in [1.54, 1.807) is 31.3 Å². The number of esters is 1. The second kappa shape index (κ2) is 10.2. The number of hydrogen-bond acceptors (Lipinski definition) is 4. The number of carbonyl (C=O) groups excluding carboxylic acids is 1. The first-order chi connectivity index (χ1) is 17.5. The molecule has 1 N–H and O–H groups in total. The molecule has 0 radical (unpaired) electrons. The number of fused-ring (bicyclic) bond motifs is 1. The molecule has 2 aromatic carbocycles. The van der Waals surface area contributed by atoms with E-state index in [0.717, 1.165) is 41.9 Å². The van der Waals surface area contributed by atoms with Crippen LogP contribution >= 0.6 is 0 Å². The van der Waals surface area contributed by atoms with Crippen LogP contribution in [0.3, 0.4) is 0 Å². The Morgan fingerprint density at radius 3 is 2.32 bits per heavy atom. The van der Waals surface area contributed by atoms with Gasteiger partial charge in [-0.05, 0) is 42.8 Å². The third-order valence-electron chi connectivity index (χ3n) is 5.57. The fourth-order valence-corrected chi connectivity index (χ4v) is 3.78. The van der Waals surface area contributed by atoms with Gasteiger partial charge < -0.3 is 14.5 Å². The zero-order valence-electron chi connectivity index (χ0n) is 19.3. The summed E-state index contributed by atoms with van der Waals surface area (Å²) >= 11 is 0. The molecule has 0 atom stereocenters. The molecular weight excluding hydrogens is 502 g/mol. The number of aromatic amines is 1. The summed E-state index contributed by atoms with van der Waals surface area (Å²) < 4.78 is 90.3. The van der Waals surface area contributed by atoms with Crippen LogP contribution in [0.15, 0.2) is 60.9 Å². The first kappa shape index (κ1) is 26.1. The van der Waals surface area contributed by atoms with Gasteiger partial charge in [-0.1, -0.05) is 12.1 Å². The lowest BCUT2D eigenvalue weighted by Crippen LogP contribution is -2.12. The number of benzene rings is 2. The van der Waals surface area contributed by atoms with E-state index in [1.807, 2.05) is 0 Å². The quantitative estimate of drug-likeness (QED) is 0.211. The number of alkyl halides is 6. The van der Waals surface area contributed by atoms with Gasteiger partial charge in [0.1, 0.15) is 12.4 Å². The summed E-state index contributed by atoms with van der Waals surface area (Å²) in [6.07, 6.45) is -6.58. The number of aromatic nitrogens is 2. The Bertz CT molecular complexity index is 1410. The van der Waals surface area contributed by atoms with E-state index in [-0.39, 0.29) is 41.6 Å². The van der Waals surface area contributed by atoms with Crippen molar-refractivity contribution in [2.24, 2.45) is 0 Å². The zero-order chi connectivity index (χ0) is 26.8. The van der Waals surface area contributed by atoms with Gasteiger partial charge in [0.15, 0.2) is 0 Å². The van der Waals surface area contributed by atoms with Crippen LogP contribution in [0.25, 0.3) is 22.2 Å². The van der Waals surface area contributed by atoms with Crippen LogP contribution in [0.2, 0.25) is 0 Å². The topological polar surface area (TPSA) is 64.2 Å². The Morgan fingerprint density at radius 2 is 1.68 bits per heavy atom. The summed E-state index contributed by atoms with van der Waals surface area (Å²) in [5.74, 6) is -0.0902. The molecule has 37 heavy (non-hydrogen) atoms. The summed E-state index contributed by atoms with van der Waals surface area (Å²) in [5, 5.41) is 0.749. The summed E-state index contributed by atoms with van der Waals surface area (Å²) in [4.78, 5) is 18.8. The molecule has 0 saturated carbocycles. The highest BCUT2D eigenvalue weighted by Crippen LogP contribution is 2.36. The van der Waals surface area contributed by atoms with Gasteiger partial charge in [-0.2, -0.15) is 26.3 Å². The predicted molar refractivity (Wildman–Crippen MR) is 123 cm³/mol. The van der Waals surface area contributed by atoms with Crippen LogP contribution in [-0.2, 0) is 34.9 Å². The van der Waals surface area contributed by atoms with Crippen molar-refractivity contribution >= 4 is 16.9 Å². The van der Waals surface area contributed by atoms with Crippen molar-refractivity contribution in [1.29, 1.82) is 0 Å². The fraction of sp³-hybridized carbons (Fsp3) is 0.231. The lowest BCUT2D eigenvalue weighted by molar-refractivity contribution is -0.142. The Balaban J connectivity index is 1.54.